The molecule has 3 aromatic rings. The summed E-state index contributed by atoms with van der Waals surface area (Å²) in [5.74, 6) is -0.474. The van der Waals surface area contributed by atoms with Crippen molar-refractivity contribution in [3.63, 3.8) is 0 Å². The quantitative estimate of drug-likeness (QED) is 0.570. The average molecular weight is 356 g/mol. The van der Waals surface area contributed by atoms with Crippen molar-refractivity contribution in [2.24, 2.45) is 0 Å². The van der Waals surface area contributed by atoms with E-state index in [4.69, 9.17) is 4.74 Å². The number of hydrogen-bond donors (Lipinski definition) is 1. The number of aryl methyl sites for hydroxylation is 1. The minimum Gasteiger partial charge on any atom is -0.465 e. The Balaban J connectivity index is 2.17. The van der Waals surface area contributed by atoms with Gasteiger partial charge in [0.1, 0.15) is 12.8 Å². The number of carbonyl (C=O) groups excluding carboxylic acids is 1. The topological polar surface area (TPSA) is 72.1 Å². The Morgan fingerprint density at radius 3 is 2.64 bits per heavy atom. The van der Waals surface area contributed by atoms with E-state index in [0.29, 0.717) is 10.9 Å². The summed E-state index contributed by atoms with van der Waals surface area (Å²) in [5.41, 5.74) is 4.21. The smallest absolute Gasteiger partial charge is 0.338 e. The largest absolute Gasteiger partial charge is 0.465 e. The minimum atomic E-state index is -2.65. The first kappa shape index (κ1) is 17.4. The van der Waals surface area contributed by atoms with Gasteiger partial charge in [-0.1, -0.05) is 13.0 Å². The standard InChI is InChI=1S/C19H21N2O3P/c1-5-12-10-20-18-16(12)8-14(11-21-18)13-6-7-15(19(22)24-2)17(9-13)25(3,4)23/h6-11H,5H2,1-4H3,(H,20,21). The second kappa shape index (κ2) is 6.49. The van der Waals surface area contributed by atoms with Crippen molar-refractivity contribution >= 4 is 29.4 Å². The van der Waals surface area contributed by atoms with Gasteiger partial charge in [0, 0.05) is 28.6 Å². The molecule has 0 aliphatic carbocycles. The Morgan fingerprint density at radius 2 is 2.00 bits per heavy atom. The molecule has 0 atom stereocenters. The molecule has 0 spiro atoms. The monoisotopic (exact) mass is 356 g/mol. The van der Waals surface area contributed by atoms with E-state index < -0.39 is 13.1 Å². The third-order valence-electron chi connectivity index (χ3n) is 4.31. The van der Waals surface area contributed by atoms with E-state index in [1.165, 1.54) is 12.7 Å². The fraction of sp³-hybridized carbons (Fsp3) is 0.263. The molecule has 25 heavy (non-hydrogen) atoms. The Labute approximate surface area is 146 Å². The molecule has 2 heterocycles. The van der Waals surface area contributed by atoms with Crippen LogP contribution in [0.15, 0.2) is 36.7 Å². The number of H-pyrrole nitrogens is 1. The SMILES string of the molecule is CCc1c[nH]c2ncc(-c3ccc(C(=O)OC)c(P(C)(C)=O)c3)cc12. The summed E-state index contributed by atoms with van der Waals surface area (Å²) in [6.45, 7) is 5.41. The molecule has 0 radical (unpaired) electrons. The van der Waals surface area contributed by atoms with Gasteiger partial charge in [-0.25, -0.2) is 9.78 Å². The van der Waals surface area contributed by atoms with E-state index >= 15 is 0 Å². The number of ether oxygens (including phenoxy) is 1. The number of esters is 1. The van der Waals surface area contributed by atoms with E-state index in [-0.39, 0.29) is 0 Å². The number of rotatable bonds is 4. The van der Waals surface area contributed by atoms with Crippen molar-refractivity contribution in [3.05, 3.63) is 47.8 Å². The summed E-state index contributed by atoms with van der Waals surface area (Å²) in [7, 11) is -1.32. The van der Waals surface area contributed by atoms with Crippen LogP contribution < -0.4 is 5.30 Å². The van der Waals surface area contributed by atoms with Gasteiger partial charge in [0.15, 0.2) is 0 Å². The van der Waals surface area contributed by atoms with E-state index in [1.54, 1.807) is 25.6 Å². The molecule has 0 unspecified atom stereocenters. The number of carbonyl (C=O) groups is 1. The van der Waals surface area contributed by atoms with Gasteiger partial charge < -0.3 is 14.3 Å². The normalized spacial score (nSPS) is 11.7. The van der Waals surface area contributed by atoms with E-state index in [9.17, 15) is 9.36 Å². The first-order valence-electron chi connectivity index (χ1n) is 8.09. The Kier molecular flexibility index (Phi) is 4.53. The molecular weight excluding hydrogens is 335 g/mol. The summed E-state index contributed by atoms with van der Waals surface area (Å²) < 4.78 is 17.5. The van der Waals surface area contributed by atoms with Crippen LogP contribution in [0.5, 0.6) is 0 Å². The highest BCUT2D eigenvalue weighted by molar-refractivity contribution is 7.70. The van der Waals surface area contributed by atoms with Crippen molar-refractivity contribution in [1.29, 1.82) is 0 Å². The van der Waals surface area contributed by atoms with Crippen molar-refractivity contribution in [2.45, 2.75) is 13.3 Å². The van der Waals surface area contributed by atoms with Crippen molar-refractivity contribution < 1.29 is 14.1 Å². The van der Waals surface area contributed by atoms with Gasteiger partial charge in [0.25, 0.3) is 0 Å². The summed E-state index contributed by atoms with van der Waals surface area (Å²) in [6, 6.07) is 7.41. The summed E-state index contributed by atoms with van der Waals surface area (Å²) in [5, 5.41) is 1.61. The second-order valence-corrected chi connectivity index (χ2v) is 9.55. The Bertz CT molecular complexity index is 1000. The highest BCUT2D eigenvalue weighted by atomic mass is 31.2. The number of hydrogen-bond acceptors (Lipinski definition) is 4. The fourth-order valence-electron chi connectivity index (χ4n) is 2.95. The number of aromatic nitrogens is 2. The number of pyridine rings is 1. The Hall–Kier alpha value is -2.39. The first-order chi connectivity index (χ1) is 11.8. The molecule has 1 aromatic carbocycles. The van der Waals surface area contributed by atoms with Crippen LogP contribution in [-0.4, -0.2) is 36.4 Å². The van der Waals surface area contributed by atoms with Crippen molar-refractivity contribution in [2.75, 3.05) is 20.4 Å². The van der Waals surface area contributed by atoms with Gasteiger partial charge in [0.2, 0.25) is 0 Å². The fourth-order valence-corrected chi connectivity index (χ4v) is 4.14. The molecule has 0 aliphatic heterocycles. The maximum Gasteiger partial charge on any atom is 0.338 e. The van der Waals surface area contributed by atoms with E-state index in [1.807, 2.05) is 18.3 Å². The maximum absolute atomic E-state index is 12.7. The average Bonchev–Trinajstić information content (AvgIpc) is 3.02. The number of nitrogens with zero attached hydrogens (tertiary/aromatic N) is 1. The molecule has 0 saturated heterocycles. The van der Waals surface area contributed by atoms with E-state index in [2.05, 4.69) is 23.0 Å². The van der Waals surface area contributed by atoms with Gasteiger partial charge in [0.05, 0.1) is 12.7 Å². The predicted molar refractivity (Wildman–Crippen MR) is 101 cm³/mol. The highest BCUT2D eigenvalue weighted by Crippen LogP contribution is 2.38. The predicted octanol–water partition coefficient (Wildman–Crippen LogP) is 3.83. The second-order valence-electron chi connectivity index (χ2n) is 6.36. The molecule has 6 heteroatoms. The zero-order chi connectivity index (χ0) is 18.2. The van der Waals surface area contributed by atoms with Crippen molar-refractivity contribution in [1.82, 2.24) is 9.97 Å². The van der Waals surface area contributed by atoms with Crippen LogP contribution in [0.3, 0.4) is 0 Å². The van der Waals surface area contributed by atoms with Gasteiger partial charge in [-0.3, -0.25) is 0 Å². The van der Waals surface area contributed by atoms with Crippen LogP contribution in [0.4, 0.5) is 0 Å². The lowest BCUT2D eigenvalue weighted by Crippen LogP contribution is -2.17. The number of benzene rings is 1. The first-order valence-corrected chi connectivity index (χ1v) is 10.7. The van der Waals surface area contributed by atoms with Gasteiger partial charge in [-0.2, -0.15) is 0 Å². The van der Waals surface area contributed by atoms with E-state index in [0.717, 1.165) is 28.6 Å². The molecule has 0 fully saturated rings. The summed E-state index contributed by atoms with van der Waals surface area (Å²) in [6.07, 6.45) is 4.67. The number of aromatic amines is 1. The lowest BCUT2D eigenvalue weighted by Gasteiger charge is -2.14. The minimum absolute atomic E-state index is 0.351. The zero-order valence-electron chi connectivity index (χ0n) is 14.8. The molecule has 1 N–H and O–H groups in total. The summed E-state index contributed by atoms with van der Waals surface area (Å²) in [4.78, 5) is 19.6. The molecule has 0 bridgehead atoms. The van der Waals surface area contributed by atoms with Crippen LogP contribution in [0.2, 0.25) is 0 Å². The molecule has 5 nitrogen and oxygen atoms in total. The molecule has 0 saturated carbocycles. The third kappa shape index (κ3) is 3.24. The Morgan fingerprint density at radius 1 is 1.24 bits per heavy atom. The van der Waals surface area contributed by atoms with Crippen LogP contribution in [-0.2, 0) is 15.7 Å². The van der Waals surface area contributed by atoms with Crippen LogP contribution in [0, 0.1) is 0 Å². The van der Waals surface area contributed by atoms with Gasteiger partial charge >= 0.3 is 5.97 Å². The molecule has 2 aromatic heterocycles. The molecule has 0 aliphatic rings. The van der Waals surface area contributed by atoms with Gasteiger partial charge in [-0.15, -0.1) is 0 Å². The lowest BCUT2D eigenvalue weighted by atomic mass is 10.0. The number of fused-ring (bicyclic) bond motifs is 1. The number of methoxy groups -OCH3 is 1. The van der Waals surface area contributed by atoms with Crippen LogP contribution >= 0.6 is 7.14 Å². The molecule has 0 amide bonds. The van der Waals surface area contributed by atoms with Crippen LogP contribution in [0.25, 0.3) is 22.2 Å². The molecule has 3 rings (SSSR count). The van der Waals surface area contributed by atoms with Crippen molar-refractivity contribution in [3.8, 4) is 11.1 Å². The maximum atomic E-state index is 12.7. The molecule has 130 valence electrons. The van der Waals surface area contributed by atoms with Gasteiger partial charge in [-0.05, 0) is 49.1 Å². The van der Waals surface area contributed by atoms with Crippen LogP contribution in [0.1, 0.15) is 22.8 Å². The summed E-state index contributed by atoms with van der Waals surface area (Å²) >= 11 is 0. The number of nitrogens with one attached hydrogen (secondary N) is 1. The molecular formula is C19H21N2O3P. The highest BCUT2D eigenvalue weighted by Gasteiger charge is 2.22. The zero-order valence-corrected chi connectivity index (χ0v) is 15.7. The lowest BCUT2D eigenvalue weighted by molar-refractivity contribution is 0.0602. The third-order valence-corrected chi connectivity index (χ3v) is 5.84.